The molecule has 1 atom stereocenters. The van der Waals surface area contributed by atoms with Crippen molar-refractivity contribution in [2.75, 3.05) is 20.3 Å². The van der Waals surface area contributed by atoms with Crippen molar-refractivity contribution in [1.29, 1.82) is 0 Å². The van der Waals surface area contributed by atoms with Gasteiger partial charge in [0, 0.05) is 17.0 Å². The van der Waals surface area contributed by atoms with Gasteiger partial charge in [-0.05, 0) is 54.1 Å². The van der Waals surface area contributed by atoms with Gasteiger partial charge in [0.25, 0.3) is 5.91 Å². The lowest BCUT2D eigenvalue weighted by molar-refractivity contribution is -0.135. The van der Waals surface area contributed by atoms with Gasteiger partial charge >= 0.3 is 0 Å². The Morgan fingerprint density at radius 1 is 1.10 bits per heavy atom. The van der Waals surface area contributed by atoms with Gasteiger partial charge in [-0.1, -0.05) is 30.3 Å². The van der Waals surface area contributed by atoms with Crippen LogP contribution in [0.5, 0.6) is 11.5 Å². The minimum absolute atomic E-state index is 0.0542. The summed E-state index contributed by atoms with van der Waals surface area (Å²) in [5.74, 6) is 0.745. The molecular weight excluding hydrogens is 398 g/mol. The summed E-state index contributed by atoms with van der Waals surface area (Å²) >= 11 is 1.74. The molecule has 1 aromatic heterocycles. The predicted octanol–water partition coefficient (Wildman–Crippen LogP) is 4.51. The summed E-state index contributed by atoms with van der Waals surface area (Å²) in [5.41, 5.74) is 2.82. The molecule has 5 nitrogen and oxygen atoms in total. The monoisotopic (exact) mass is 421 g/mol. The first-order valence-corrected chi connectivity index (χ1v) is 10.7. The summed E-state index contributed by atoms with van der Waals surface area (Å²) in [5, 5.41) is 2.09. The van der Waals surface area contributed by atoms with Crippen LogP contribution in [-0.2, 0) is 11.2 Å². The van der Waals surface area contributed by atoms with Crippen LogP contribution in [0.15, 0.2) is 60.0 Å². The first-order valence-electron chi connectivity index (χ1n) is 9.81. The number of carbonyl (C=O) groups is 2. The third kappa shape index (κ3) is 3.96. The maximum Gasteiger partial charge on any atom is 0.261 e. The van der Waals surface area contributed by atoms with Crippen LogP contribution in [0.25, 0.3) is 0 Å². The molecule has 0 spiro atoms. The third-order valence-corrected chi connectivity index (χ3v) is 6.32. The number of hydrogen-bond donors (Lipinski definition) is 0. The molecule has 154 valence electrons. The number of ether oxygens (including phenoxy) is 2. The van der Waals surface area contributed by atoms with Crippen molar-refractivity contribution in [3.05, 3.63) is 81.5 Å². The first-order chi connectivity index (χ1) is 14.6. The van der Waals surface area contributed by atoms with Crippen molar-refractivity contribution in [3.63, 3.8) is 0 Å². The Kier molecular flexibility index (Phi) is 5.86. The molecule has 0 saturated carbocycles. The molecular formula is C24H23NO4S. The number of Topliss-reactive ketones (excluding diaryl/α,β-unsaturated/α-hetero) is 1. The minimum Gasteiger partial charge on any atom is -0.493 e. The molecule has 0 fully saturated rings. The summed E-state index contributed by atoms with van der Waals surface area (Å²) in [4.78, 5) is 28.0. The zero-order valence-corrected chi connectivity index (χ0v) is 17.8. The van der Waals surface area contributed by atoms with Gasteiger partial charge in [0.1, 0.15) is 0 Å². The number of benzene rings is 2. The maximum absolute atomic E-state index is 13.2. The van der Waals surface area contributed by atoms with E-state index in [1.54, 1.807) is 29.5 Å². The van der Waals surface area contributed by atoms with E-state index in [4.69, 9.17) is 9.47 Å². The van der Waals surface area contributed by atoms with Crippen LogP contribution >= 0.6 is 11.3 Å². The van der Waals surface area contributed by atoms with Crippen LogP contribution in [0.4, 0.5) is 0 Å². The highest BCUT2D eigenvalue weighted by Gasteiger charge is 2.32. The Labute approximate surface area is 179 Å². The first kappa shape index (κ1) is 20.2. The van der Waals surface area contributed by atoms with Crippen molar-refractivity contribution < 1.29 is 19.1 Å². The average Bonchev–Trinajstić information content (AvgIpc) is 3.26. The maximum atomic E-state index is 13.2. The smallest absolute Gasteiger partial charge is 0.261 e. The Hall–Kier alpha value is -3.12. The fraction of sp³-hybridized carbons (Fsp3) is 0.250. The zero-order chi connectivity index (χ0) is 21.1. The van der Waals surface area contributed by atoms with Crippen LogP contribution in [0, 0.1) is 0 Å². The van der Waals surface area contributed by atoms with Gasteiger partial charge in [-0.25, -0.2) is 0 Å². The van der Waals surface area contributed by atoms with E-state index in [-0.39, 0.29) is 24.3 Å². The molecule has 0 saturated heterocycles. The number of carbonyl (C=O) groups excluding carboxylic acids is 2. The molecule has 0 N–H and O–H groups in total. The molecule has 1 aliphatic heterocycles. The number of methoxy groups -OCH3 is 1. The largest absolute Gasteiger partial charge is 0.493 e. The minimum atomic E-state index is -0.112. The molecule has 4 rings (SSSR count). The van der Waals surface area contributed by atoms with E-state index in [2.05, 4.69) is 23.6 Å². The van der Waals surface area contributed by atoms with Crippen molar-refractivity contribution in [1.82, 2.24) is 4.90 Å². The Balaban J connectivity index is 1.55. The number of fused-ring (bicyclic) bond motifs is 1. The van der Waals surface area contributed by atoms with E-state index in [1.165, 1.54) is 24.5 Å². The van der Waals surface area contributed by atoms with Crippen LogP contribution in [0.1, 0.15) is 39.3 Å². The lowest BCUT2D eigenvalue weighted by Crippen LogP contribution is -2.42. The summed E-state index contributed by atoms with van der Waals surface area (Å²) in [7, 11) is 1.52. The molecule has 2 heterocycles. The molecule has 1 aliphatic rings. The standard InChI is InChI=1S/C24H23NO4S/c1-16(26)18-8-9-20(21(14-18)28-2)29-15-23(27)25-12-10-22-19(11-13-30-22)24(25)17-6-4-3-5-7-17/h3-9,11,13-14,24H,10,12,15H2,1-2H3/t24-/m0/s1. The number of amides is 1. The normalized spacial score (nSPS) is 15.4. The van der Waals surface area contributed by atoms with Crippen molar-refractivity contribution in [2.45, 2.75) is 19.4 Å². The quantitative estimate of drug-likeness (QED) is 0.550. The topological polar surface area (TPSA) is 55.8 Å². The molecule has 2 aromatic carbocycles. The molecule has 3 aromatic rings. The van der Waals surface area contributed by atoms with E-state index in [1.807, 2.05) is 23.1 Å². The number of hydrogen-bond acceptors (Lipinski definition) is 5. The predicted molar refractivity (Wildman–Crippen MR) is 117 cm³/mol. The Morgan fingerprint density at radius 3 is 2.63 bits per heavy atom. The third-order valence-electron chi connectivity index (χ3n) is 5.32. The van der Waals surface area contributed by atoms with Gasteiger partial charge in [-0.3, -0.25) is 9.59 Å². The highest BCUT2D eigenvalue weighted by molar-refractivity contribution is 7.10. The van der Waals surface area contributed by atoms with E-state index < -0.39 is 0 Å². The number of rotatable bonds is 6. The van der Waals surface area contributed by atoms with Crippen LogP contribution < -0.4 is 9.47 Å². The van der Waals surface area contributed by atoms with E-state index in [0.29, 0.717) is 23.6 Å². The van der Waals surface area contributed by atoms with E-state index in [9.17, 15) is 9.59 Å². The van der Waals surface area contributed by atoms with Gasteiger partial charge in [0.2, 0.25) is 0 Å². The average molecular weight is 422 g/mol. The molecule has 6 heteroatoms. The fourth-order valence-corrected chi connectivity index (χ4v) is 4.71. The number of thiophene rings is 1. The molecule has 0 aliphatic carbocycles. The van der Waals surface area contributed by atoms with E-state index in [0.717, 1.165) is 12.0 Å². The Morgan fingerprint density at radius 2 is 1.90 bits per heavy atom. The fourth-order valence-electron chi connectivity index (χ4n) is 3.81. The highest BCUT2D eigenvalue weighted by Crippen LogP contribution is 2.38. The van der Waals surface area contributed by atoms with Gasteiger partial charge < -0.3 is 14.4 Å². The summed E-state index contributed by atoms with van der Waals surface area (Å²) in [6, 6.07) is 17.1. The van der Waals surface area contributed by atoms with E-state index >= 15 is 0 Å². The molecule has 1 amide bonds. The highest BCUT2D eigenvalue weighted by atomic mass is 32.1. The molecule has 0 radical (unpaired) electrons. The number of nitrogens with zero attached hydrogens (tertiary/aromatic N) is 1. The van der Waals surface area contributed by atoms with Crippen LogP contribution in [-0.4, -0.2) is 36.9 Å². The lowest BCUT2D eigenvalue weighted by Gasteiger charge is -2.36. The molecule has 0 unspecified atom stereocenters. The van der Waals surface area contributed by atoms with Gasteiger partial charge in [-0.15, -0.1) is 11.3 Å². The summed E-state index contributed by atoms with van der Waals surface area (Å²) in [6.45, 7) is 2.05. The van der Waals surface area contributed by atoms with Gasteiger partial charge in [-0.2, -0.15) is 0 Å². The van der Waals surface area contributed by atoms with Crippen molar-refractivity contribution >= 4 is 23.0 Å². The van der Waals surface area contributed by atoms with Crippen molar-refractivity contribution in [3.8, 4) is 11.5 Å². The molecule has 30 heavy (non-hydrogen) atoms. The Bertz CT molecular complexity index is 1060. The van der Waals surface area contributed by atoms with Gasteiger partial charge in [0.15, 0.2) is 23.9 Å². The second kappa shape index (κ2) is 8.71. The van der Waals surface area contributed by atoms with Crippen LogP contribution in [0.3, 0.4) is 0 Å². The summed E-state index contributed by atoms with van der Waals surface area (Å²) in [6.07, 6.45) is 0.846. The van der Waals surface area contributed by atoms with Crippen molar-refractivity contribution in [2.24, 2.45) is 0 Å². The SMILES string of the molecule is COc1cc(C(C)=O)ccc1OCC(=O)N1CCc2sccc2[C@@H]1c1ccccc1. The van der Waals surface area contributed by atoms with Gasteiger partial charge in [0.05, 0.1) is 13.2 Å². The molecule has 0 bridgehead atoms. The summed E-state index contributed by atoms with van der Waals surface area (Å²) < 4.78 is 11.1. The van der Waals surface area contributed by atoms with Crippen LogP contribution in [0.2, 0.25) is 0 Å². The number of ketones is 1. The lowest BCUT2D eigenvalue weighted by atomic mass is 9.93. The second-order valence-electron chi connectivity index (χ2n) is 7.16. The second-order valence-corrected chi connectivity index (χ2v) is 8.16. The zero-order valence-electron chi connectivity index (χ0n) is 17.0.